The number of carbonyl (C=O) groups excluding carboxylic acids is 1. The van der Waals surface area contributed by atoms with Gasteiger partial charge in [-0.3, -0.25) is 23.4 Å². The number of aryl methyl sites for hydroxylation is 2. The van der Waals surface area contributed by atoms with Gasteiger partial charge in [0.15, 0.2) is 5.78 Å². The molecule has 0 saturated carbocycles. The topological polar surface area (TPSA) is 81.8 Å². The lowest BCUT2D eigenvalue weighted by atomic mass is 10.1. The Labute approximate surface area is 138 Å². The molecule has 7 nitrogen and oxygen atoms in total. The summed E-state index contributed by atoms with van der Waals surface area (Å²) >= 11 is 0. The molecule has 7 heteroatoms. The second kappa shape index (κ2) is 5.67. The molecule has 0 bridgehead atoms. The van der Waals surface area contributed by atoms with Crippen LogP contribution in [0.2, 0.25) is 0 Å². The zero-order chi connectivity index (χ0) is 17.6. The van der Waals surface area contributed by atoms with Crippen LogP contribution in [-0.2, 0) is 13.6 Å². The first-order chi connectivity index (χ1) is 11.4. The van der Waals surface area contributed by atoms with Crippen molar-refractivity contribution in [3.63, 3.8) is 0 Å². The Hall–Kier alpha value is -2.83. The van der Waals surface area contributed by atoms with Gasteiger partial charge in [-0.2, -0.15) is 0 Å². The molecule has 0 amide bonds. The number of fused-ring (bicyclic) bond motifs is 1. The predicted molar refractivity (Wildman–Crippen MR) is 91.7 cm³/mol. The van der Waals surface area contributed by atoms with Crippen molar-refractivity contribution in [3.05, 3.63) is 56.4 Å². The number of carbonyl (C=O) groups is 1. The van der Waals surface area contributed by atoms with E-state index in [1.54, 1.807) is 34.4 Å². The third-order valence-electron chi connectivity index (χ3n) is 4.24. The van der Waals surface area contributed by atoms with Crippen molar-refractivity contribution in [2.75, 3.05) is 0 Å². The number of imidazole rings is 1. The maximum atomic E-state index is 12.6. The molecule has 24 heavy (non-hydrogen) atoms. The van der Waals surface area contributed by atoms with Gasteiger partial charge in [0.25, 0.3) is 5.56 Å². The van der Waals surface area contributed by atoms with Crippen LogP contribution in [0.25, 0.3) is 11.0 Å². The number of H-pyrrole nitrogens is 1. The normalized spacial score (nSPS) is 11.5. The van der Waals surface area contributed by atoms with Crippen LogP contribution >= 0.6 is 0 Å². The SMILES string of the molecule is CCn1c(=O)n(C(C)C)c2cc(C(=O)c3c[nH]n(C)c3=O)ccc21. The van der Waals surface area contributed by atoms with Gasteiger partial charge in [-0.05, 0) is 39.0 Å². The smallest absolute Gasteiger partial charge is 0.302 e. The predicted octanol–water partition coefficient (Wildman–Crippen LogP) is 1.66. The van der Waals surface area contributed by atoms with E-state index in [2.05, 4.69) is 5.10 Å². The molecule has 3 aromatic rings. The van der Waals surface area contributed by atoms with Gasteiger partial charge in [-0.25, -0.2) is 4.79 Å². The largest absolute Gasteiger partial charge is 0.329 e. The highest BCUT2D eigenvalue weighted by Crippen LogP contribution is 2.20. The van der Waals surface area contributed by atoms with E-state index >= 15 is 0 Å². The van der Waals surface area contributed by atoms with Crippen molar-refractivity contribution in [1.82, 2.24) is 18.9 Å². The highest BCUT2D eigenvalue weighted by atomic mass is 16.2. The van der Waals surface area contributed by atoms with E-state index in [-0.39, 0.29) is 28.6 Å². The molecule has 0 unspecified atom stereocenters. The molecule has 3 rings (SSSR count). The molecule has 0 aliphatic heterocycles. The molecular formula is C17H20N4O3. The van der Waals surface area contributed by atoms with Crippen LogP contribution in [0.15, 0.2) is 34.0 Å². The lowest BCUT2D eigenvalue weighted by molar-refractivity contribution is 0.103. The van der Waals surface area contributed by atoms with Crippen LogP contribution < -0.4 is 11.2 Å². The van der Waals surface area contributed by atoms with Crippen molar-refractivity contribution in [2.45, 2.75) is 33.4 Å². The molecule has 0 atom stereocenters. The number of hydrogen-bond donors (Lipinski definition) is 1. The molecule has 0 spiro atoms. The van der Waals surface area contributed by atoms with Crippen molar-refractivity contribution >= 4 is 16.8 Å². The van der Waals surface area contributed by atoms with E-state index in [9.17, 15) is 14.4 Å². The van der Waals surface area contributed by atoms with E-state index in [0.717, 1.165) is 5.52 Å². The van der Waals surface area contributed by atoms with Gasteiger partial charge >= 0.3 is 5.69 Å². The minimum atomic E-state index is -0.368. The Morgan fingerprint density at radius 3 is 2.46 bits per heavy atom. The summed E-state index contributed by atoms with van der Waals surface area (Å²) in [7, 11) is 1.56. The van der Waals surface area contributed by atoms with Crippen molar-refractivity contribution in [1.29, 1.82) is 0 Å². The summed E-state index contributed by atoms with van der Waals surface area (Å²) in [6.07, 6.45) is 1.40. The monoisotopic (exact) mass is 328 g/mol. The summed E-state index contributed by atoms with van der Waals surface area (Å²) in [6, 6.07) is 5.09. The minimum Gasteiger partial charge on any atom is -0.302 e. The fourth-order valence-corrected chi connectivity index (χ4v) is 3.01. The number of hydrogen-bond acceptors (Lipinski definition) is 3. The number of ketones is 1. The van der Waals surface area contributed by atoms with Crippen LogP contribution in [0, 0.1) is 0 Å². The fraction of sp³-hybridized carbons (Fsp3) is 0.353. The van der Waals surface area contributed by atoms with Crippen LogP contribution in [0.1, 0.15) is 42.7 Å². The molecule has 0 saturated heterocycles. The van der Waals surface area contributed by atoms with Gasteiger partial charge in [0, 0.05) is 31.4 Å². The molecule has 0 fully saturated rings. The fourth-order valence-electron chi connectivity index (χ4n) is 3.01. The number of aromatic nitrogens is 4. The Bertz CT molecular complexity index is 1050. The lowest BCUT2D eigenvalue weighted by Gasteiger charge is -2.07. The second-order valence-corrected chi connectivity index (χ2v) is 6.07. The van der Waals surface area contributed by atoms with E-state index < -0.39 is 0 Å². The molecule has 1 aromatic carbocycles. The molecule has 126 valence electrons. The molecule has 0 radical (unpaired) electrons. The van der Waals surface area contributed by atoms with Crippen LogP contribution in [0.4, 0.5) is 0 Å². The van der Waals surface area contributed by atoms with Gasteiger partial charge in [-0.1, -0.05) is 0 Å². The highest BCUT2D eigenvalue weighted by Gasteiger charge is 2.19. The zero-order valence-corrected chi connectivity index (χ0v) is 14.2. The summed E-state index contributed by atoms with van der Waals surface area (Å²) in [5.41, 5.74) is 1.51. The standard InChI is InChI=1S/C17H20N4O3/c1-5-20-13-7-6-11(8-14(13)21(10(2)3)17(20)24)15(22)12-9-18-19(4)16(12)23/h6-10,18H,5H2,1-4H3. The second-order valence-electron chi connectivity index (χ2n) is 6.07. The van der Waals surface area contributed by atoms with E-state index in [0.29, 0.717) is 17.6 Å². The zero-order valence-electron chi connectivity index (χ0n) is 14.2. The molecule has 2 heterocycles. The van der Waals surface area contributed by atoms with Crippen molar-refractivity contribution in [2.24, 2.45) is 7.05 Å². The Morgan fingerprint density at radius 1 is 1.21 bits per heavy atom. The van der Waals surface area contributed by atoms with Gasteiger partial charge in [-0.15, -0.1) is 0 Å². The molecule has 2 aromatic heterocycles. The Balaban J connectivity index is 2.23. The highest BCUT2D eigenvalue weighted by molar-refractivity contribution is 6.10. The summed E-state index contributed by atoms with van der Waals surface area (Å²) in [5.74, 6) is -0.356. The Kier molecular flexibility index (Phi) is 3.79. The average Bonchev–Trinajstić information content (AvgIpc) is 3.02. The first-order valence-electron chi connectivity index (χ1n) is 7.90. The molecule has 0 aliphatic rings. The van der Waals surface area contributed by atoms with Crippen molar-refractivity contribution in [3.8, 4) is 0 Å². The van der Waals surface area contributed by atoms with Gasteiger partial charge in [0.1, 0.15) is 5.56 Å². The summed E-state index contributed by atoms with van der Waals surface area (Å²) in [4.78, 5) is 37.2. The lowest BCUT2D eigenvalue weighted by Crippen LogP contribution is -2.25. The number of nitrogens with zero attached hydrogens (tertiary/aromatic N) is 3. The summed E-state index contributed by atoms with van der Waals surface area (Å²) in [5, 5.41) is 2.70. The van der Waals surface area contributed by atoms with Gasteiger partial charge in [0.2, 0.25) is 0 Å². The molecule has 1 N–H and O–H groups in total. The maximum Gasteiger partial charge on any atom is 0.329 e. The van der Waals surface area contributed by atoms with E-state index in [1.165, 1.54) is 10.9 Å². The van der Waals surface area contributed by atoms with E-state index in [1.807, 2.05) is 20.8 Å². The first kappa shape index (κ1) is 16.0. The minimum absolute atomic E-state index is 0.0294. The third-order valence-corrected chi connectivity index (χ3v) is 4.24. The molecule has 0 aliphatic carbocycles. The van der Waals surface area contributed by atoms with Crippen LogP contribution in [0.3, 0.4) is 0 Å². The van der Waals surface area contributed by atoms with Crippen molar-refractivity contribution < 1.29 is 4.79 Å². The third kappa shape index (κ3) is 2.24. The summed E-state index contributed by atoms with van der Waals surface area (Å²) in [6.45, 7) is 6.32. The number of nitrogens with one attached hydrogen (secondary N) is 1. The Morgan fingerprint density at radius 2 is 1.92 bits per heavy atom. The summed E-state index contributed by atoms with van der Waals surface area (Å²) < 4.78 is 4.60. The number of aromatic amines is 1. The van der Waals surface area contributed by atoms with Crippen LogP contribution in [0.5, 0.6) is 0 Å². The first-order valence-corrected chi connectivity index (χ1v) is 7.90. The van der Waals surface area contributed by atoms with E-state index in [4.69, 9.17) is 0 Å². The number of rotatable bonds is 4. The van der Waals surface area contributed by atoms with Crippen LogP contribution in [-0.4, -0.2) is 24.7 Å². The molecular weight excluding hydrogens is 308 g/mol. The quantitative estimate of drug-likeness (QED) is 0.740. The maximum absolute atomic E-state index is 12.6. The van der Waals surface area contributed by atoms with Gasteiger partial charge < -0.3 is 5.10 Å². The average molecular weight is 328 g/mol. The number of benzene rings is 1. The van der Waals surface area contributed by atoms with Gasteiger partial charge in [0.05, 0.1) is 11.0 Å².